The van der Waals surface area contributed by atoms with Crippen LogP contribution in [-0.4, -0.2) is 24.7 Å². The lowest BCUT2D eigenvalue weighted by atomic mass is 9.98. The molecule has 2 unspecified atom stereocenters. The van der Waals surface area contributed by atoms with Gasteiger partial charge in [-0.1, -0.05) is 38.5 Å². The number of benzene rings is 1. The molecule has 0 saturated heterocycles. The molecule has 1 aliphatic rings. The fourth-order valence-electron chi connectivity index (χ4n) is 2.40. The first-order chi connectivity index (χ1) is 9.34. The highest BCUT2D eigenvalue weighted by atomic mass is 32.2. The monoisotopic (exact) mass is 297 g/mol. The highest BCUT2D eigenvalue weighted by molar-refractivity contribution is 7.86. The Balaban J connectivity index is 2.51. The van der Waals surface area contributed by atoms with E-state index in [-0.39, 0.29) is 18.4 Å². The molecule has 0 saturated carbocycles. The molecule has 3 N–H and O–H groups in total. The fraction of sp³-hybridized carbons (Fsp3) is 0.462. The zero-order chi connectivity index (χ0) is 14.9. The summed E-state index contributed by atoms with van der Waals surface area (Å²) in [5.74, 6) is -0.457. The first-order valence-corrected chi connectivity index (χ1v) is 8.03. The minimum atomic E-state index is -3.96. The first kappa shape index (κ1) is 15.0. The Kier molecular flexibility index (Phi) is 4.12. The highest BCUT2D eigenvalue weighted by Gasteiger charge is 2.38. The Labute approximate surface area is 119 Å². The van der Waals surface area contributed by atoms with Crippen molar-refractivity contribution in [3.05, 3.63) is 29.8 Å². The van der Waals surface area contributed by atoms with Crippen molar-refractivity contribution < 1.29 is 13.2 Å². The number of hydrogen-bond donors (Lipinski definition) is 2. The topological polar surface area (TPSA) is 92.5 Å². The number of hydrogen-bond acceptors (Lipinski definition) is 3. The molecule has 2 atom stereocenters. The third kappa shape index (κ3) is 2.84. The third-order valence-electron chi connectivity index (χ3n) is 3.69. The molecule has 1 heterocycles. The summed E-state index contributed by atoms with van der Waals surface area (Å²) in [5.41, 5.74) is 1.37. The molecule has 6 nitrogen and oxygen atoms in total. The maximum absolute atomic E-state index is 12.4. The lowest BCUT2D eigenvalue weighted by Gasteiger charge is -2.29. The molecule has 1 aromatic carbocycles. The van der Waals surface area contributed by atoms with Crippen molar-refractivity contribution >= 4 is 21.8 Å². The third-order valence-corrected chi connectivity index (χ3v) is 4.70. The summed E-state index contributed by atoms with van der Waals surface area (Å²) < 4.78 is 24.8. The second-order valence-corrected chi connectivity index (χ2v) is 6.57. The van der Waals surface area contributed by atoms with Crippen LogP contribution in [-0.2, 0) is 21.5 Å². The van der Waals surface area contributed by atoms with Crippen molar-refractivity contribution in [1.29, 1.82) is 0 Å². The average Bonchev–Trinajstić information content (AvgIpc) is 2.53. The van der Waals surface area contributed by atoms with Crippen molar-refractivity contribution in [1.82, 2.24) is 4.31 Å². The number of carbonyl (C=O) groups excluding carboxylic acids is 1. The van der Waals surface area contributed by atoms with Crippen LogP contribution in [0.5, 0.6) is 0 Å². The summed E-state index contributed by atoms with van der Waals surface area (Å²) in [7, 11) is -3.96. The zero-order valence-electron chi connectivity index (χ0n) is 11.5. The summed E-state index contributed by atoms with van der Waals surface area (Å²) >= 11 is 0. The molecule has 0 bridgehead atoms. The second-order valence-electron chi connectivity index (χ2n) is 5.07. The van der Waals surface area contributed by atoms with Gasteiger partial charge in [0.15, 0.2) is 0 Å². The van der Waals surface area contributed by atoms with Gasteiger partial charge in [0.25, 0.3) is 10.2 Å². The summed E-state index contributed by atoms with van der Waals surface area (Å²) in [5, 5.41) is 8.09. The fourth-order valence-corrected chi connectivity index (χ4v) is 3.34. The molecular weight excluding hydrogens is 278 g/mol. The number of anilines is 1. The largest absolute Gasteiger partial charge is 0.324 e. The van der Waals surface area contributed by atoms with Gasteiger partial charge in [-0.3, -0.25) is 4.79 Å². The molecule has 1 aliphatic heterocycles. The van der Waals surface area contributed by atoms with Crippen LogP contribution in [0.25, 0.3) is 0 Å². The average molecular weight is 297 g/mol. The van der Waals surface area contributed by atoms with E-state index in [1.165, 1.54) is 0 Å². The molecule has 1 aromatic rings. The van der Waals surface area contributed by atoms with Gasteiger partial charge in [0.2, 0.25) is 5.91 Å². The van der Waals surface area contributed by atoms with Crippen molar-refractivity contribution in [2.45, 2.75) is 32.9 Å². The van der Waals surface area contributed by atoms with E-state index in [0.717, 1.165) is 9.87 Å². The maximum Gasteiger partial charge on any atom is 0.277 e. The van der Waals surface area contributed by atoms with Crippen LogP contribution >= 0.6 is 0 Å². The van der Waals surface area contributed by atoms with Crippen LogP contribution in [0.4, 0.5) is 5.69 Å². The number of nitrogens with one attached hydrogen (secondary N) is 1. The summed E-state index contributed by atoms with van der Waals surface area (Å²) in [6.45, 7) is 3.86. The molecule has 20 heavy (non-hydrogen) atoms. The van der Waals surface area contributed by atoms with E-state index in [9.17, 15) is 13.2 Å². The van der Waals surface area contributed by atoms with Crippen LogP contribution in [0.15, 0.2) is 24.3 Å². The standard InChI is InChI=1S/C13H19N3O3S/c1-3-9(2)12-13(17)15-11-7-5-4-6-10(11)8-16(12)20(14,18)19/h4-7,9,12H,3,8H2,1-2H3,(H,15,17)(H2,14,18,19). The van der Waals surface area contributed by atoms with Gasteiger partial charge in [0.05, 0.1) is 0 Å². The number of nitrogens with two attached hydrogens (primary N) is 1. The number of fused-ring (bicyclic) bond motifs is 1. The van der Waals surface area contributed by atoms with Crippen LogP contribution in [0, 0.1) is 5.92 Å². The predicted octanol–water partition coefficient (Wildman–Crippen LogP) is 1.06. The molecule has 2 rings (SSSR count). The number of amides is 1. The summed E-state index contributed by atoms with van der Waals surface area (Å²) in [6.07, 6.45) is 0.681. The lowest BCUT2D eigenvalue weighted by molar-refractivity contribution is -0.121. The van der Waals surface area contributed by atoms with Crippen molar-refractivity contribution in [2.24, 2.45) is 11.1 Å². The van der Waals surface area contributed by atoms with Crippen molar-refractivity contribution in [3.63, 3.8) is 0 Å². The SMILES string of the molecule is CCC(C)C1C(=O)Nc2ccccc2CN1S(N)(=O)=O. The minimum Gasteiger partial charge on any atom is -0.324 e. The normalized spacial score (nSPS) is 21.8. The first-order valence-electron chi connectivity index (χ1n) is 6.53. The maximum atomic E-state index is 12.4. The highest BCUT2D eigenvalue weighted by Crippen LogP contribution is 2.28. The van der Waals surface area contributed by atoms with Gasteiger partial charge in [0, 0.05) is 12.2 Å². The Morgan fingerprint density at radius 1 is 1.45 bits per heavy atom. The summed E-state index contributed by atoms with van der Waals surface area (Å²) in [6, 6.07) is 6.35. The van der Waals surface area contributed by atoms with Crippen LogP contribution < -0.4 is 10.5 Å². The number of carbonyl (C=O) groups is 1. The molecule has 0 aromatic heterocycles. The summed E-state index contributed by atoms with van der Waals surface area (Å²) in [4.78, 5) is 12.4. The van der Waals surface area contributed by atoms with Gasteiger partial charge in [-0.25, -0.2) is 5.14 Å². The van der Waals surface area contributed by atoms with Crippen LogP contribution in [0.2, 0.25) is 0 Å². The van der Waals surface area contributed by atoms with Crippen molar-refractivity contribution in [2.75, 3.05) is 5.32 Å². The van der Waals surface area contributed by atoms with E-state index in [0.29, 0.717) is 12.1 Å². The smallest absolute Gasteiger partial charge is 0.277 e. The lowest BCUT2D eigenvalue weighted by Crippen LogP contribution is -2.51. The van der Waals surface area contributed by atoms with Crippen LogP contribution in [0.1, 0.15) is 25.8 Å². The molecule has 1 amide bonds. The van der Waals surface area contributed by atoms with Gasteiger partial charge in [0.1, 0.15) is 6.04 Å². The van der Waals surface area contributed by atoms with Gasteiger partial charge in [-0.05, 0) is 17.5 Å². The number of para-hydroxylation sites is 1. The molecule has 0 radical (unpaired) electrons. The number of rotatable bonds is 3. The molecular formula is C13H19N3O3S. The Hall–Kier alpha value is -1.44. The molecule has 0 spiro atoms. The predicted molar refractivity (Wildman–Crippen MR) is 77.0 cm³/mol. The zero-order valence-corrected chi connectivity index (χ0v) is 12.4. The van der Waals surface area contributed by atoms with E-state index >= 15 is 0 Å². The Bertz CT molecular complexity index is 615. The minimum absolute atomic E-state index is 0.1000. The van der Waals surface area contributed by atoms with E-state index in [4.69, 9.17) is 5.14 Å². The quantitative estimate of drug-likeness (QED) is 0.873. The van der Waals surface area contributed by atoms with E-state index in [1.54, 1.807) is 24.3 Å². The van der Waals surface area contributed by atoms with Crippen LogP contribution in [0.3, 0.4) is 0 Å². The Morgan fingerprint density at radius 3 is 2.70 bits per heavy atom. The molecule has 0 fully saturated rings. The van der Waals surface area contributed by atoms with E-state index in [1.807, 2.05) is 13.8 Å². The second kappa shape index (κ2) is 5.51. The molecule has 110 valence electrons. The van der Waals surface area contributed by atoms with Gasteiger partial charge < -0.3 is 5.32 Å². The molecule has 0 aliphatic carbocycles. The van der Waals surface area contributed by atoms with Gasteiger partial charge >= 0.3 is 0 Å². The Morgan fingerprint density at radius 2 is 2.10 bits per heavy atom. The van der Waals surface area contributed by atoms with Crippen molar-refractivity contribution in [3.8, 4) is 0 Å². The van der Waals surface area contributed by atoms with E-state index in [2.05, 4.69) is 5.32 Å². The van der Waals surface area contributed by atoms with E-state index < -0.39 is 16.3 Å². The number of nitrogens with zero attached hydrogens (tertiary/aromatic N) is 1. The molecule has 7 heteroatoms. The van der Waals surface area contributed by atoms with Gasteiger partial charge in [-0.15, -0.1) is 0 Å². The van der Waals surface area contributed by atoms with Gasteiger partial charge in [-0.2, -0.15) is 12.7 Å².